The van der Waals surface area contributed by atoms with Gasteiger partial charge in [-0.05, 0) is 12.5 Å². The molecule has 0 N–H and O–H groups in total. The van der Waals surface area contributed by atoms with Crippen LogP contribution in [0.3, 0.4) is 0 Å². The van der Waals surface area contributed by atoms with E-state index >= 15 is 0 Å². The summed E-state index contributed by atoms with van der Waals surface area (Å²) in [5.41, 5.74) is 1.06. The number of Topliss-reactive ketones (excluding diaryl/α,β-unsaturated/α-hetero) is 1. The average Bonchev–Trinajstić information content (AvgIpc) is 2.16. The second kappa shape index (κ2) is 5.70. The molecule has 0 saturated carbocycles. The van der Waals surface area contributed by atoms with Crippen molar-refractivity contribution >= 4 is 16.6 Å². The minimum absolute atomic E-state index is 0.103. The molecule has 3 heteroatoms. The molecule has 2 nitrogen and oxygen atoms in total. The predicted octanol–water partition coefficient (Wildman–Crippen LogP) is 1.91. The van der Waals surface area contributed by atoms with Crippen LogP contribution in [0.15, 0.2) is 30.3 Å². The summed E-state index contributed by atoms with van der Waals surface area (Å²) >= 11 is 0. The van der Waals surface area contributed by atoms with Crippen molar-refractivity contribution in [3.63, 3.8) is 0 Å². The first kappa shape index (κ1) is 11.1. The Morgan fingerprint density at radius 2 is 1.93 bits per heavy atom. The molecule has 0 aliphatic rings. The molecule has 1 unspecified atom stereocenters. The first-order valence-corrected chi connectivity index (χ1v) is 6.05. The Hall–Kier alpha value is -0.960. The van der Waals surface area contributed by atoms with Crippen molar-refractivity contribution in [3.05, 3.63) is 35.9 Å². The zero-order chi connectivity index (χ0) is 10.4. The number of hydrogen-bond donors (Lipinski definition) is 0. The summed E-state index contributed by atoms with van der Waals surface area (Å²) in [6.45, 7) is 1.53. The van der Waals surface area contributed by atoms with Crippen LogP contribution in [0.25, 0.3) is 0 Å². The lowest BCUT2D eigenvalue weighted by molar-refractivity contribution is -0.116. The van der Waals surface area contributed by atoms with E-state index in [4.69, 9.17) is 0 Å². The Bertz CT molecular complexity index is 319. The van der Waals surface area contributed by atoms with Crippen molar-refractivity contribution in [3.8, 4) is 0 Å². The van der Waals surface area contributed by atoms with Crippen molar-refractivity contribution in [1.29, 1.82) is 0 Å². The van der Waals surface area contributed by atoms with Gasteiger partial charge in [0.15, 0.2) is 0 Å². The summed E-state index contributed by atoms with van der Waals surface area (Å²) < 4.78 is 11.5. The van der Waals surface area contributed by atoms with Gasteiger partial charge in [-0.15, -0.1) is 0 Å². The van der Waals surface area contributed by atoms with Crippen LogP contribution in [0.4, 0.5) is 0 Å². The maximum Gasteiger partial charge on any atom is 0.130 e. The lowest BCUT2D eigenvalue weighted by Crippen LogP contribution is -2.04. The first-order chi connectivity index (χ1) is 6.68. The number of carbonyl (C=O) groups is 1. The molecular formula is C11H14O2S. The van der Waals surface area contributed by atoms with Crippen molar-refractivity contribution in [2.24, 2.45) is 0 Å². The van der Waals surface area contributed by atoms with E-state index in [9.17, 15) is 9.00 Å². The fourth-order valence-corrected chi connectivity index (χ4v) is 2.31. The molecule has 1 rings (SSSR count). The highest BCUT2D eigenvalue weighted by molar-refractivity contribution is 7.84. The van der Waals surface area contributed by atoms with Gasteiger partial charge in [0.2, 0.25) is 0 Å². The monoisotopic (exact) mass is 210 g/mol. The third-order valence-electron chi connectivity index (χ3n) is 1.85. The fourth-order valence-electron chi connectivity index (χ4n) is 1.09. The fraction of sp³-hybridized carbons (Fsp3) is 0.364. The second-order valence-corrected chi connectivity index (χ2v) is 4.80. The van der Waals surface area contributed by atoms with Crippen molar-refractivity contribution in [2.75, 3.05) is 5.75 Å². The molecule has 1 aromatic carbocycles. The van der Waals surface area contributed by atoms with Crippen molar-refractivity contribution in [2.45, 2.75) is 19.1 Å². The molecule has 0 aliphatic heterocycles. The molecule has 0 fully saturated rings. The molecule has 1 atom stereocenters. The van der Waals surface area contributed by atoms with E-state index in [-0.39, 0.29) is 5.78 Å². The molecule has 0 amide bonds. The molecule has 0 aliphatic carbocycles. The lowest BCUT2D eigenvalue weighted by Gasteiger charge is -2.00. The number of carbonyl (C=O) groups excluding carboxylic acids is 1. The van der Waals surface area contributed by atoms with Gasteiger partial charge in [-0.3, -0.25) is 9.00 Å². The molecule has 0 aromatic heterocycles. The summed E-state index contributed by atoms with van der Waals surface area (Å²) in [5, 5.41) is 0. The molecule has 0 bridgehead atoms. The highest BCUT2D eigenvalue weighted by Crippen LogP contribution is 2.03. The van der Waals surface area contributed by atoms with Crippen LogP contribution >= 0.6 is 0 Å². The molecule has 0 saturated heterocycles. The lowest BCUT2D eigenvalue weighted by atomic mass is 10.2. The average molecular weight is 210 g/mol. The van der Waals surface area contributed by atoms with Gasteiger partial charge in [0.25, 0.3) is 0 Å². The maximum atomic E-state index is 11.5. The minimum atomic E-state index is -0.912. The van der Waals surface area contributed by atoms with E-state index in [1.165, 1.54) is 6.92 Å². The van der Waals surface area contributed by atoms with Gasteiger partial charge in [-0.25, -0.2) is 0 Å². The number of ketones is 1. The van der Waals surface area contributed by atoms with Gasteiger partial charge >= 0.3 is 0 Å². The van der Waals surface area contributed by atoms with Crippen LogP contribution in [0.5, 0.6) is 0 Å². The largest absolute Gasteiger partial charge is 0.300 e. The third kappa shape index (κ3) is 4.33. The zero-order valence-electron chi connectivity index (χ0n) is 8.23. The Morgan fingerprint density at radius 1 is 1.29 bits per heavy atom. The van der Waals surface area contributed by atoms with Crippen molar-refractivity contribution < 1.29 is 9.00 Å². The Kier molecular flexibility index (Phi) is 4.53. The SMILES string of the molecule is CC(=O)CCS(=O)Cc1ccccc1. The van der Waals surface area contributed by atoms with Gasteiger partial charge in [0.05, 0.1) is 0 Å². The van der Waals surface area contributed by atoms with Gasteiger partial charge in [-0.2, -0.15) is 0 Å². The molecule has 0 spiro atoms. The normalized spacial score (nSPS) is 12.4. The molecule has 76 valence electrons. The van der Waals surface area contributed by atoms with Crippen LogP contribution in [0.1, 0.15) is 18.9 Å². The smallest absolute Gasteiger partial charge is 0.130 e. The topological polar surface area (TPSA) is 34.1 Å². The molecule has 0 radical (unpaired) electrons. The van der Waals surface area contributed by atoms with Crippen LogP contribution in [-0.2, 0) is 21.3 Å². The standard InChI is InChI=1S/C11H14O2S/c1-10(12)7-8-14(13)9-11-5-3-2-4-6-11/h2-6H,7-9H2,1H3. The minimum Gasteiger partial charge on any atom is -0.300 e. The quantitative estimate of drug-likeness (QED) is 0.744. The van der Waals surface area contributed by atoms with Crippen LogP contribution in [-0.4, -0.2) is 15.7 Å². The van der Waals surface area contributed by atoms with E-state index in [1.807, 2.05) is 30.3 Å². The third-order valence-corrected chi connectivity index (χ3v) is 3.17. The first-order valence-electron chi connectivity index (χ1n) is 4.57. The van der Waals surface area contributed by atoms with Gasteiger partial charge in [0, 0.05) is 28.7 Å². The summed E-state index contributed by atoms with van der Waals surface area (Å²) in [6.07, 6.45) is 0.416. The van der Waals surface area contributed by atoms with Gasteiger partial charge in [0.1, 0.15) is 5.78 Å². The molecule has 0 heterocycles. The second-order valence-electron chi connectivity index (χ2n) is 3.23. The van der Waals surface area contributed by atoms with Crippen LogP contribution < -0.4 is 0 Å². The zero-order valence-corrected chi connectivity index (χ0v) is 9.05. The van der Waals surface area contributed by atoms with Gasteiger partial charge < -0.3 is 0 Å². The molecular weight excluding hydrogens is 196 g/mol. The summed E-state index contributed by atoms with van der Waals surface area (Å²) in [5.74, 6) is 1.13. The van der Waals surface area contributed by atoms with E-state index in [0.717, 1.165) is 5.56 Å². The van der Waals surface area contributed by atoms with Gasteiger partial charge in [-0.1, -0.05) is 30.3 Å². The number of rotatable bonds is 5. The van der Waals surface area contributed by atoms with E-state index in [0.29, 0.717) is 17.9 Å². The van der Waals surface area contributed by atoms with Crippen LogP contribution in [0, 0.1) is 0 Å². The summed E-state index contributed by atoms with van der Waals surface area (Å²) in [7, 11) is -0.912. The number of benzene rings is 1. The van der Waals surface area contributed by atoms with E-state index < -0.39 is 10.8 Å². The predicted molar refractivity (Wildman–Crippen MR) is 58.5 cm³/mol. The van der Waals surface area contributed by atoms with E-state index in [1.54, 1.807) is 0 Å². The number of hydrogen-bond acceptors (Lipinski definition) is 2. The van der Waals surface area contributed by atoms with Crippen molar-refractivity contribution in [1.82, 2.24) is 0 Å². The van der Waals surface area contributed by atoms with E-state index in [2.05, 4.69) is 0 Å². The van der Waals surface area contributed by atoms with Crippen LogP contribution in [0.2, 0.25) is 0 Å². The summed E-state index contributed by atoms with van der Waals surface area (Å²) in [6, 6.07) is 9.69. The maximum absolute atomic E-state index is 11.5. The Labute approximate surface area is 86.8 Å². The summed E-state index contributed by atoms with van der Waals surface area (Å²) in [4.78, 5) is 10.7. The highest BCUT2D eigenvalue weighted by Gasteiger charge is 2.02. The Balaban J connectivity index is 2.38. The Morgan fingerprint density at radius 3 is 2.50 bits per heavy atom. The highest BCUT2D eigenvalue weighted by atomic mass is 32.2. The molecule has 1 aromatic rings. The molecule has 14 heavy (non-hydrogen) atoms.